The fourth-order valence-corrected chi connectivity index (χ4v) is 2.60. The number of rotatable bonds is 7. The molecule has 0 fully saturated rings. The van der Waals surface area contributed by atoms with Crippen LogP contribution >= 0.6 is 22.9 Å². The summed E-state index contributed by atoms with van der Waals surface area (Å²) in [6.07, 6.45) is 1.14. The van der Waals surface area contributed by atoms with Gasteiger partial charge in [0, 0.05) is 16.9 Å². The van der Waals surface area contributed by atoms with Gasteiger partial charge in [-0.25, -0.2) is 4.98 Å². The fraction of sp³-hybridized carbons (Fsp3) is 0.400. The topological polar surface area (TPSA) is 34.2 Å². The lowest BCUT2D eigenvalue weighted by Gasteiger charge is -2.06. The van der Waals surface area contributed by atoms with Gasteiger partial charge in [0.05, 0.1) is 5.69 Å². The van der Waals surface area contributed by atoms with E-state index < -0.39 is 0 Å². The molecule has 0 spiro atoms. The molecule has 2 rings (SSSR count). The van der Waals surface area contributed by atoms with Crippen LogP contribution in [0.1, 0.15) is 29.6 Å². The Balaban J connectivity index is 1.85. The molecule has 0 aliphatic carbocycles. The molecular formula is C15H19ClN2OS. The molecule has 3 nitrogen and oxygen atoms in total. The van der Waals surface area contributed by atoms with E-state index in [4.69, 9.17) is 16.3 Å². The van der Waals surface area contributed by atoms with Crippen molar-refractivity contribution in [2.24, 2.45) is 0 Å². The molecule has 108 valence electrons. The molecule has 0 atom stereocenters. The van der Waals surface area contributed by atoms with Crippen LogP contribution in [0.5, 0.6) is 5.75 Å². The van der Waals surface area contributed by atoms with Gasteiger partial charge in [-0.3, -0.25) is 0 Å². The summed E-state index contributed by atoms with van der Waals surface area (Å²) in [7, 11) is 0. The maximum absolute atomic E-state index is 5.99. The predicted molar refractivity (Wildman–Crippen MR) is 84.6 cm³/mol. The zero-order valence-corrected chi connectivity index (χ0v) is 13.4. The molecule has 1 N–H and O–H groups in total. The van der Waals surface area contributed by atoms with Crippen molar-refractivity contribution in [3.05, 3.63) is 44.9 Å². The molecule has 0 saturated heterocycles. The molecule has 0 saturated carbocycles. The highest BCUT2D eigenvalue weighted by atomic mass is 35.5. The molecule has 1 aromatic heterocycles. The van der Waals surface area contributed by atoms with Crippen LogP contribution in [0.15, 0.2) is 23.6 Å². The summed E-state index contributed by atoms with van der Waals surface area (Å²) < 4.78 is 5.73. The number of hydrogen-bond donors (Lipinski definition) is 1. The minimum atomic E-state index is 0.491. The fourth-order valence-electron chi connectivity index (χ4n) is 1.73. The molecule has 20 heavy (non-hydrogen) atoms. The largest absolute Gasteiger partial charge is 0.487 e. The number of aromatic nitrogens is 1. The quantitative estimate of drug-likeness (QED) is 0.779. The maximum Gasteiger partial charge on any atom is 0.131 e. The highest BCUT2D eigenvalue weighted by molar-refractivity contribution is 7.09. The van der Waals surface area contributed by atoms with Gasteiger partial charge in [0.2, 0.25) is 0 Å². The van der Waals surface area contributed by atoms with Gasteiger partial charge in [-0.2, -0.15) is 0 Å². The van der Waals surface area contributed by atoms with Gasteiger partial charge in [0.25, 0.3) is 0 Å². The van der Waals surface area contributed by atoms with Gasteiger partial charge in [-0.05, 0) is 43.7 Å². The predicted octanol–water partition coefficient (Wildman–Crippen LogP) is 4.18. The van der Waals surface area contributed by atoms with Gasteiger partial charge in [0.15, 0.2) is 0 Å². The number of benzene rings is 1. The Labute approximate surface area is 129 Å². The van der Waals surface area contributed by atoms with E-state index in [1.165, 1.54) is 0 Å². The number of aryl methyl sites for hydroxylation is 1. The van der Waals surface area contributed by atoms with E-state index in [2.05, 4.69) is 17.2 Å². The molecule has 0 unspecified atom stereocenters. The van der Waals surface area contributed by atoms with E-state index in [0.717, 1.165) is 46.5 Å². The zero-order chi connectivity index (χ0) is 14.4. The Morgan fingerprint density at radius 1 is 1.40 bits per heavy atom. The van der Waals surface area contributed by atoms with Crippen LogP contribution in [0.3, 0.4) is 0 Å². The van der Waals surface area contributed by atoms with Gasteiger partial charge in [-0.15, -0.1) is 11.3 Å². The Bertz CT molecular complexity index is 557. The van der Waals surface area contributed by atoms with E-state index in [9.17, 15) is 0 Å². The number of thiazole rings is 1. The van der Waals surface area contributed by atoms with Crippen molar-refractivity contribution in [1.82, 2.24) is 10.3 Å². The van der Waals surface area contributed by atoms with Crippen molar-refractivity contribution in [3.8, 4) is 5.75 Å². The molecule has 0 radical (unpaired) electrons. The van der Waals surface area contributed by atoms with E-state index in [1.54, 1.807) is 11.3 Å². The first-order chi connectivity index (χ1) is 9.69. The zero-order valence-electron chi connectivity index (χ0n) is 11.8. The van der Waals surface area contributed by atoms with Crippen LogP contribution in [0, 0.1) is 6.92 Å². The molecule has 0 bridgehead atoms. The first-order valence-corrected chi connectivity index (χ1v) is 7.97. The average molecular weight is 311 g/mol. The van der Waals surface area contributed by atoms with Gasteiger partial charge in [0.1, 0.15) is 17.4 Å². The summed E-state index contributed by atoms with van der Waals surface area (Å²) in [6.45, 7) is 6.47. The minimum absolute atomic E-state index is 0.491. The smallest absolute Gasteiger partial charge is 0.131 e. The summed E-state index contributed by atoms with van der Waals surface area (Å²) in [5.41, 5.74) is 1.99. The lowest BCUT2D eigenvalue weighted by atomic mass is 10.2. The Morgan fingerprint density at radius 2 is 2.25 bits per heavy atom. The van der Waals surface area contributed by atoms with E-state index >= 15 is 0 Å². The van der Waals surface area contributed by atoms with Gasteiger partial charge in [-0.1, -0.05) is 18.5 Å². The standard InChI is InChI=1S/C15H19ClN2OS/c1-3-6-17-8-15-18-12(10-20-15)9-19-13-4-5-14(16)11(2)7-13/h4-5,7,10,17H,3,6,8-9H2,1-2H3. The Morgan fingerprint density at radius 3 is 3.00 bits per heavy atom. The highest BCUT2D eigenvalue weighted by Crippen LogP contribution is 2.22. The third kappa shape index (κ3) is 4.47. The van der Waals surface area contributed by atoms with E-state index in [0.29, 0.717) is 6.61 Å². The molecule has 0 aliphatic heterocycles. The molecule has 5 heteroatoms. The van der Waals surface area contributed by atoms with Crippen molar-refractivity contribution in [2.45, 2.75) is 33.4 Å². The van der Waals surface area contributed by atoms with Crippen LogP contribution in [0.25, 0.3) is 0 Å². The second-order valence-corrected chi connectivity index (χ2v) is 5.96. The van der Waals surface area contributed by atoms with E-state index in [1.807, 2.05) is 30.5 Å². The SMILES string of the molecule is CCCNCc1nc(COc2ccc(Cl)c(C)c2)cs1. The van der Waals surface area contributed by atoms with Crippen molar-refractivity contribution < 1.29 is 4.74 Å². The van der Waals surface area contributed by atoms with Crippen molar-refractivity contribution in [1.29, 1.82) is 0 Å². The summed E-state index contributed by atoms with van der Waals surface area (Å²) in [4.78, 5) is 4.54. The van der Waals surface area contributed by atoms with Crippen LogP contribution in [0.4, 0.5) is 0 Å². The molecule has 0 amide bonds. The van der Waals surface area contributed by atoms with Crippen LogP contribution < -0.4 is 10.1 Å². The van der Waals surface area contributed by atoms with Crippen LogP contribution in [0.2, 0.25) is 5.02 Å². The Hall–Kier alpha value is -1.10. The van der Waals surface area contributed by atoms with Gasteiger partial charge < -0.3 is 10.1 Å². The number of nitrogens with one attached hydrogen (secondary N) is 1. The lowest BCUT2D eigenvalue weighted by Crippen LogP contribution is -2.13. The lowest BCUT2D eigenvalue weighted by molar-refractivity contribution is 0.301. The molecule has 1 aromatic carbocycles. The molecule has 0 aliphatic rings. The Kier molecular flexibility index (Phi) is 5.83. The van der Waals surface area contributed by atoms with Crippen molar-refractivity contribution >= 4 is 22.9 Å². The number of hydrogen-bond acceptors (Lipinski definition) is 4. The first-order valence-electron chi connectivity index (χ1n) is 6.72. The monoisotopic (exact) mass is 310 g/mol. The van der Waals surface area contributed by atoms with Crippen molar-refractivity contribution in [3.63, 3.8) is 0 Å². The summed E-state index contributed by atoms with van der Waals surface area (Å²) >= 11 is 7.65. The summed E-state index contributed by atoms with van der Waals surface area (Å²) in [5.74, 6) is 0.825. The molecular weight excluding hydrogens is 292 g/mol. The minimum Gasteiger partial charge on any atom is -0.487 e. The van der Waals surface area contributed by atoms with Crippen molar-refractivity contribution in [2.75, 3.05) is 6.54 Å². The second-order valence-electron chi connectivity index (χ2n) is 4.61. The molecule has 1 heterocycles. The third-order valence-electron chi connectivity index (χ3n) is 2.82. The normalized spacial score (nSPS) is 10.8. The number of ether oxygens (including phenoxy) is 1. The van der Waals surface area contributed by atoms with Crippen LogP contribution in [-0.4, -0.2) is 11.5 Å². The van der Waals surface area contributed by atoms with Crippen LogP contribution in [-0.2, 0) is 13.2 Å². The maximum atomic E-state index is 5.99. The summed E-state index contributed by atoms with van der Waals surface area (Å²) in [5, 5.41) is 7.25. The van der Waals surface area contributed by atoms with E-state index in [-0.39, 0.29) is 0 Å². The number of halogens is 1. The van der Waals surface area contributed by atoms with Gasteiger partial charge >= 0.3 is 0 Å². The highest BCUT2D eigenvalue weighted by Gasteiger charge is 2.04. The first kappa shape index (κ1) is 15.3. The molecule has 2 aromatic rings. The average Bonchev–Trinajstić information content (AvgIpc) is 2.88. The second kappa shape index (κ2) is 7.62. The summed E-state index contributed by atoms with van der Waals surface area (Å²) in [6, 6.07) is 5.68. The third-order valence-corrected chi connectivity index (χ3v) is 4.14. The number of nitrogens with zero attached hydrogens (tertiary/aromatic N) is 1.